The highest BCUT2D eigenvalue weighted by molar-refractivity contribution is 7.89. The third kappa shape index (κ3) is 3.80. The highest BCUT2D eigenvalue weighted by Gasteiger charge is 2.27. The van der Waals surface area contributed by atoms with E-state index in [2.05, 4.69) is 4.72 Å². The summed E-state index contributed by atoms with van der Waals surface area (Å²) in [4.78, 5) is 12.6. The van der Waals surface area contributed by atoms with Gasteiger partial charge in [0.25, 0.3) is 5.69 Å². The molecule has 1 saturated carbocycles. The highest BCUT2D eigenvalue weighted by Crippen LogP contribution is 2.32. The molecule has 0 bridgehead atoms. The van der Waals surface area contributed by atoms with Crippen molar-refractivity contribution in [2.45, 2.75) is 17.7 Å². The van der Waals surface area contributed by atoms with Gasteiger partial charge in [-0.15, -0.1) is 0 Å². The Bertz CT molecular complexity index is 696. The molecule has 0 unspecified atom stereocenters. The molecule has 1 saturated heterocycles. The van der Waals surface area contributed by atoms with Crippen LogP contribution in [-0.4, -0.2) is 46.2 Å². The monoisotopic (exact) mass is 341 g/mol. The smallest absolute Gasteiger partial charge is 0.293 e. The predicted octanol–water partition coefficient (Wildman–Crippen LogP) is 1.12. The maximum atomic E-state index is 12.3. The Labute approximate surface area is 134 Å². The van der Waals surface area contributed by atoms with Crippen molar-refractivity contribution in [2.75, 3.05) is 37.7 Å². The molecule has 1 heterocycles. The number of hydrogen-bond acceptors (Lipinski definition) is 6. The van der Waals surface area contributed by atoms with Crippen molar-refractivity contribution in [1.29, 1.82) is 0 Å². The second-order valence-electron chi connectivity index (χ2n) is 5.80. The number of rotatable bonds is 6. The molecular weight excluding hydrogens is 322 g/mol. The van der Waals surface area contributed by atoms with E-state index >= 15 is 0 Å². The number of morpholine rings is 1. The van der Waals surface area contributed by atoms with Crippen LogP contribution in [0.3, 0.4) is 0 Å². The van der Waals surface area contributed by atoms with E-state index in [0.717, 1.165) is 18.9 Å². The average molecular weight is 341 g/mol. The molecule has 1 aliphatic heterocycles. The maximum Gasteiger partial charge on any atom is 0.293 e. The third-order valence-corrected chi connectivity index (χ3v) is 5.49. The van der Waals surface area contributed by atoms with E-state index < -0.39 is 14.9 Å². The van der Waals surface area contributed by atoms with Crippen molar-refractivity contribution < 1.29 is 18.1 Å². The Morgan fingerprint density at radius 1 is 1.30 bits per heavy atom. The van der Waals surface area contributed by atoms with Crippen molar-refractivity contribution in [3.8, 4) is 0 Å². The molecular formula is C14H19N3O5S. The Kier molecular flexibility index (Phi) is 4.51. The number of hydrogen-bond donors (Lipinski definition) is 1. The van der Waals surface area contributed by atoms with Crippen molar-refractivity contribution in [1.82, 2.24) is 4.72 Å². The van der Waals surface area contributed by atoms with E-state index in [9.17, 15) is 18.5 Å². The van der Waals surface area contributed by atoms with Gasteiger partial charge in [-0.2, -0.15) is 0 Å². The number of nitrogens with one attached hydrogen (secondary N) is 1. The van der Waals surface area contributed by atoms with Gasteiger partial charge in [-0.25, -0.2) is 13.1 Å². The first-order chi connectivity index (χ1) is 11.0. The van der Waals surface area contributed by atoms with Crippen LogP contribution < -0.4 is 9.62 Å². The summed E-state index contributed by atoms with van der Waals surface area (Å²) in [6, 6.07) is 4.07. The van der Waals surface area contributed by atoms with Gasteiger partial charge in [-0.1, -0.05) is 0 Å². The van der Waals surface area contributed by atoms with Gasteiger partial charge >= 0.3 is 0 Å². The summed E-state index contributed by atoms with van der Waals surface area (Å²) in [5, 5.41) is 11.4. The zero-order chi connectivity index (χ0) is 16.4. The van der Waals surface area contributed by atoms with Crippen LogP contribution in [0.2, 0.25) is 0 Å². The number of sulfonamides is 1. The minimum absolute atomic E-state index is 0.0677. The molecule has 23 heavy (non-hydrogen) atoms. The first-order valence-electron chi connectivity index (χ1n) is 7.58. The summed E-state index contributed by atoms with van der Waals surface area (Å²) >= 11 is 0. The number of nitro groups is 1. The summed E-state index contributed by atoms with van der Waals surface area (Å²) in [7, 11) is -3.72. The molecule has 0 aromatic heterocycles. The fraction of sp³-hybridized carbons (Fsp3) is 0.571. The SMILES string of the molecule is O=[N+]([O-])c1cc(S(=O)(=O)NCC2CC2)ccc1N1CCOCC1. The van der Waals surface area contributed by atoms with E-state index in [1.165, 1.54) is 12.1 Å². The third-order valence-electron chi connectivity index (χ3n) is 4.06. The Balaban J connectivity index is 1.87. The summed E-state index contributed by atoms with van der Waals surface area (Å²) in [6.45, 7) is 2.49. The summed E-state index contributed by atoms with van der Waals surface area (Å²) < 4.78 is 32.3. The zero-order valence-corrected chi connectivity index (χ0v) is 13.4. The normalized spacial score (nSPS) is 18.9. The first kappa shape index (κ1) is 16.2. The average Bonchev–Trinajstić information content (AvgIpc) is 3.37. The molecule has 2 aliphatic rings. The lowest BCUT2D eigenvalue weighted by Crippen LogP contribution is -2.36. The van der Waals surface area contributed by atoms with Crippen LogP contribution in [0.5, 0.6) is 0 Å². The Hall–Kier alpha value is -1.71. The minimum atomic E-state index is -3.72. The van der Waals surface area contributed by atoms with Gasteiger partial charge in [0.15, 0.2) is 0 Å². The fourth-order valence-corrected chi connectivity index (χ4v) is 3.66. The van der Waals surface area contributed by atoms with Crippen LogP contribution in [0, 0.1) is 16.0 Å². The molecule has 2 fully saturated rings. The van der Waals surface area contributed by atoms with Crippen LogP contribution in [-0.2, 0) is 14.8 Å². The fourth-order valence-electron chi connectivity index (χ4n) is 2.52. The molecule has 0 spiro atoms. The summed E-state index contributed by atoms with van der Waals surface area (Å²) in [6.07, 6.45) is 2.05. The highest BCUT2D eigenvalue weighted by atomic mass is 32.2. The van der Waals surface area contributed by atoms with Crippen LogP contribution in [0.15, 0.2) is 23.1 Å². The van der Waals surface area contributed by atoms with Crippen LogP contribution in [0.25, 0.3) is 0 Å². The van der Waals surface area contributed by atoms with Gasteiger partial charge in [0.05, 0.1) is 23.0 Å². The number of nitrogens with zero attached hydrogens (tertiary/aromatic N) is 2. The van der Waals surface area contributed by atoms with Crippen molar-refractivity contribution in [2.24, 2.45) is 5.92 Å². The molecule has 0 radical (unpaired) electrons. The van der Waals surface area contributed by atoms with Gasteiger partial charge in [-0.05, 0) is 30.9 Å². The Morgan fingerprint density at radius 3 is 2.61 bits per heavy atom. The molecule has 1 aliphatic carbocycles. The number of ether oxygens (including phenoxy) is 1. The maximum absolute atomic E-state index is 12.3. The predicted molar refractivity (Wildman–Crippen MR) is 84.0 cm³/mol. The molecule has 126 valence electrons. The molecule has 1 N–H and O–H groups in total. The Morgan fingerprint density at radius 2 is 2.00 bits per heavy atom. The number of nitro benzene ring substituents is 1. The molecule has 1 aromatic rings. The van der Waals surface area contributed by atoms with E-state index in [1.54, 1.807) is 0 Å². The van der Waals surface area contributed by atoms with E-state index in [-0.39, 0.29) is 10.6 Å². The molecule has 9 heteroatoms. The van der Waals surface area contributed by atoms with Gasteiger partial charge in [0.1, 0.15) is 5.69 Å². The molecule has 1 aromatic carbocycles. The lowest BCUT2D eigenvalue weighted by atomic mass is 10.2. The van der Waals surface area contributed by atoms with Crippen molar-refractivity contribution >= 4 is 21.4 Å². The standard InChI is InChI=1S/C14H19N3O5S/c18-17(19)14-9-12(23(20,21)15-10-11-1-2-11)3-4-13(14)16-5-7-22-8-6-16/h3-4,9,11,15H,1-2,5-8,10H2. The summed E-state index contributed by atoms with van der Waals surface area (Å²) in [5.74, 6) is 0.396. The summed E-state index contributed by atoms with van der Waals surface area (Å²) in [5.41, 5.74) is 0.237. The minimum Gasteiger partial charge on any atom is -0.378 e. The van der Waals surface area contributed by atoms with Crippen molar-refractivity contribution in [3.63, 3.8) is 0 Å². The van der Waals surface area contributed by atoms with E-state index in [4.69, 9.17) is 4.74 Å². The van der Waals surface area contributed by atoms with Crippen molar-refractivity contribution in [3.05, 3.63) is 28.3 Å². The molecule has 8 nitrogen and oxygen atoms in total. The largest absolute Gasteiger partial charge is 0.378 e. The van der Waals surface area contributed by atoms with Gasteiger partial charge in [0.2, 0.25) is 10.0 Å². The van der Waals surface area contributed by atoms with E-state index in [0.29, 0.717) is 44.5 Å². The lowest BCUT2D eigenvalue weighted by molar-refractivity contribution is -0.384. The van der Waals surface area contributed by atoms with Crippen LogP contribution >= 0.6 is 0 Å². The van der Waals surface area contributed by atoms with Crippen LogP contribution in [0.4, 0.5) is 11.4 Å². The van der Waals surface area contributed by atoms with E-state index in [1.807, 2.05) is 4.90 Å². The number of anilines is 1. The number of benzene rings is 1. The zero-order valence-electron chi connectivity index (χ0n) is 12.6. The van der Waals surface area contributed by atoms with Gasteiger partial charge in [0, 0.05) is 25.7 Å². The molecule has 3 rings (SSSR count). The van der Waals surface area contributed by atoms with Crippen LogP contribution in [0.1, 0.15) is 12.8 Å². The topological polar surface area (TPSA) is 102 Å². The first-order valence-corrected chi connectivity index (χ1v) is 9.06. The van der Waals surface area contributed by atoms with Gasteiger partial charge in [-0.3, -0.25) is 10.1 Å². The second kappa shape index (κ2) is 6.42. The quantitative estimate of drug-likeness (QED) is 0.614. The van der Waals surface area contributed by atoms with Gasteiger partial charge < -0.3 is 9.64 Å². The lowest BCUT2D eigenvalue weighted by Gasteiger charge is -2.28. The second-order valence-corrected chi connectivity index (χ2v) is 7.57. The molecule has 0 atom stereocenters. The molecule has 0 amide bonds.